The molecule has 3 N–H and O–H groups in total. The lowest BCUT2D eigenvalue weighted by atomic mass is 9.97. The molecule has 1 aliphatic rings. The minimum Gasteiger partial charge on any atom is -0.409 e. The van der Waals surface area contributed by atoms with Gasteiger partial charge < -0.3 is 10.9 Å². The maximum absolute atomic E-state index is 8.73. The van der Waals surface area contributed by atoms with Crippen molar-refractivity contribution in [2.45, 2.75) is 32.9 Å². The summed E-state index contributed by atoms with van der Waals surface area (Å²) in [6, 6.07) is 0. The largest absolute Gasteiger partial charge is 0.409 e. The van der Waals surface area contributed by atoms with Crippen molar-refractivity contribution < 1.29 is 5.21 Å². The van der Waals surface area contributed by atoms with E-state index in [1.807, 2.05) is 10.9 Å². The fraction of sp³-hybridized carbons (Fsp3) is 0.667. The second kappa shape index (κ2) is 5.86. The molecule has 1 fully saturated rings. The first-order valence-electron chi connectivity index (χ1n) is 6.44. The summed E-state index contributed by atoms with van der Waals surface area (Å²) in [6.45, 7) is 5.77. The number of hydrogen-bond acceptors (Lipinski definition) is 4. The number of oxime groups is 1. The number of rotatable bonds is 4. The molecule has 1 saturated heterocycles. The van der Waals surface area contributed by atoms with Crippen LogP contribution in [0.1, 0.15) is 25.3 Å². The van der Waals surface area contributed by atoms with Gasteiger partial charge in [-0.05, 0) is 26.3 Å². The van der Waals surface area contributed by atoms with Gasteiger partial charge >= 0.3 is 0 Å². The van der Waals surface area contributed by atoms with Crippen LogP contribution in [-0.4, -0.2) is 38.8 Å². The molecule has 0 aliphatic carbocycles. The van der Waals surface area contributed by atoms with Gasteiger partial charge in [0, 0.05) is 37.3 Å². The van der Waals surface area contributed by atoms with Gasteiger partial charge in [0.25, 0.3) is 0 Å². The molecule has 1 unspecified atom stereocenters. The second-order valence-electron chi connectivity index (χ2n) is 4.80. The van der Waals surface area contributed by atoms with Crippen LogP contribution in [0.15, 0.2) is 17.5 Å². The first kappa shape index (κ1) is 12.9. The van der Waals surface area contributed by atoms with Crippen LogP contribution in [0, 0.1) is 5.92 Å². The number of piperidine rings is 1. The maximum atomic E-state index is 8.73. The lowest BCUT2D eigenvalue weighted by Crippen LogP contribution is -2.40. The lowest BCUT2D eigenvalue weighted by molar-refractivity contribution is 0.193. The summed E-state index contributed by atoms with van der Waals surface area (Å²) in [6.07, 6.45) is 6.08. The van der Waals surface area contributed by atoms with Gasteiger partial charge in [-0.2, -0.15) is 5.10 Å². The number of aryl methyl sites for hydroxylation is 1. The van der Waals surface area contributed by atoms with Crippen molar-refractivity contribution in [2.75, 3.05) is 13.1 Å². The highest BCUT2D eigenvalue weighted by Gasteiger charge is 2.23. The summed E-state index contributed by atoms with van der Waals surface area (Å²) < 4.78 is 1.93. The van der Waals surface area contributed by atoms with Crippen LogP contribution < -0.4 is 5.73 Å². The van der Waals surface area contributed by atoms with E-state index in [1.54, 1.807) is 0 Å². The van der Waals surface area contributed by atoms with Crippen molar-refractivity contribution in [3.05, 3.63) is 18.0 Å². The SMILES string of the molecule is CCn1cc(CN2CCCC(C(N)=NO)C2)cn1. The van der Waals surface area contributed by atoms with E-state index in [-0.39, 0.29) is 5.92 Å². The third kappa shape index (κ3) is 3.01. The van der Waals surface area contributed by atoms with E-state index in [0.29, 0.717) is 5.84 Å². The molecular formula is C12H21N5O. The van der Waals surface area contributed by atoms with Crippen molar-refractivity contribution in [1.82, 2.24) is 14.7 Å². The number of nitrogens with two attached hydrogens (primary N) is 1. The average Bonchev–Trinajstić information content (AvgIpc) is 2.86. The summed E-state index contributed by atoms with van der Waals surface area (Å²) in [5.41, 5.74) is 6.91. The van der Waals surface area contributed by atoms with Gasteiger partial charge in [-0.25, -0.2) is 0 Å². The highest BCUT2D eigenvalue weighted by atomic mass is 16.4. The highest BCUT2D eigenvalue weighted by molar-refractivity contribution is 5.82. The summed E-state index contributed by atoms with van der Waals surface area (Å²) in [7, 11) is 0. The quantitative estimate of drug-likeness (QED) is 0.360. The summed E-state index contributed by atoms with van der Waals surface area (Å²) in [5, 5.41) is 16.1. The molecule has 6 nitrogen and oxygen atoms in total. The Morgan fingerprint density at radius 2 is 2.50 bits per heavy atom. The molecule has 2 heterocycles. The number of hydrogen-bond donors (Lipinski definition) is 2. The molecule has 1 aromatic rings. The molecule has 0 bridgehead atoms. The standard InChI is InChI=1S/C12H21N5O/c1-2-17-8-10(6-14-17)7-16-5-3-4-11(9-16)12(13)15-18/h6,8,11,18H,2-5,7,9H2,1H3,(H2,13,15). The zero-order chi connectivity index (χ0) is 13.0. The van der Waals surface area contributed by atoms with E-state index >= 15 is 0 Å². The molecule has 100 valence electrons. The third-order valence-corrected chi connectivity index (χ3v) is 3.46. The second-order valence-corrected chi connectivity index (χ2v) is 4.80. The molecule has 0 amide bonds. The smallest absolute Gasteiger partial charge is 0.143 e. The van der Waals surface area contributed by atoms with Crippen molar-refractivity contribution in [2.24, 2.45) is 16.8 Å². The molecule has 0 spiro atoms. The third-order valence-electron chi connectivity index (χ3n) is 3.46. The van der Waals surface area contributed by atoms with Gasteiger partial charge in [0.15, 0.2) is 0 Å². The van der Waals surface area contributed by atoms with Crippen LogP contribution in [-0.2, 0) is 13.1 Å². The Bertz CT molecular complexity index is 414. The Morgan fingerprint density at radius 1 is 1.67 bits per heavy atom. The van der Waals surface area contributed by atoms with E-state index in [2.05, 4.69) is 28.3 Å². The number of likely N-dealkylation sites (tertiary alicyclic amines) is 1. The van der Waals surface area contributed by atoms with E-state index in [1.165, 1.54) is 5.56 Å². The highest BCUT2D eigenvalue weighted by Crippen LogP contribution is 2.18. The molecule has 1 aliphatic heterocycles. The Balaban J connectivity index is 1.93. The minimum atomic E-state index is 0.171. The topological polar surface area (TPSA) is 79.7 Å². The number of nitrogens with zero attached hydrogens (tertiary/aromatic N) is 4. The first-order chi connectivity index (χ1) is 8.72. The van der Waals surface area contributed by atoms with Gasteiger partial charge in [0.2, 0.25) is 0 Å². The fourth-order valence-electron chi connectivity index (χ4n) is 2.44. The van der Waals surface area contributed by atoms with Crippen LogP contribution in [0.4, 0.5) is 0 Å². The fourth-order valence-corrected chi connectivity index (χ4v) is 2.44. The van der Waals surface area contributed by atoms with Crippen LogP contribution in [0.25, 0.3) is 0 Å². The van der Waals surface area contributed by atoms with Crippen LogP contribution in [0.2, 0.25) is 0 Å². The van der Waals surface area contributed by atoms with Crippen molar-refractivity contribution in [3.63, 3.8) is 0 Å². The molecule has 6 heteroatoms. The minimum absolute atomic E-state index is 0.171. The molecule has 1 atom stereocenters. The Hall–Kier alpha value is -1.56. The molecule has 0 saturated carbocycles. The first-order valence-corrected chi connectivity index (χ1v) is 6.44. The van der Waals surface area contributed by atoms with Crippen molar-refractivity contribution >= 4 is 5.84 Å². The average molecular weight is 251 g/mol. The Morgan fingerprint density at radius 3 is 3.17 bits per heavy atom. The molecule has 18 heavy (non-hydrogen) atoms. The monoisotopic (exact) mass is 251 g/mol. The zero-order valence-corrected chi connectivity index (χ0v) is 10.8. The Labute approximate surface area is 107 Å². The molecule has 2 rings (SSSR count). The predicted molar refractivity (Wildman–Crippen MR) is 69.3 cm³/mol. The zero-order valence-electron chi connectivity index (χ0n) is 10.8. The van der Waals surface area contributed by atoms with Crippen molar-refractivity contribution in [3.8, 4) is 0 Å². The molecule has 0 aromatic carbocycles. The van der Waals surface area contributed by atoms with E-state index in [9.17, 15) is 0 Å². The number of aromatic nitrogens is 2. The normalized spacial score (nSPS) is 22.3. The number of amidine groups is 1. The molecule has 1 aromatic heterocycles. The van der Waals surface area contributed by atoms with Crippen LogP contribution >= 0.6 is 0 Å². The maximum Gasteiger partial charge on any atom is 0.143 e. The van der Waals surface area contributed by atoms with Gasteiger partial charge in [0.05, 0.1) is 6.20 Å². The van der Waals surface area contributed by atoms with Crippen molar-refractivity contribution in [1.29, 1.82) is 0 Å². The lowest BCUT2D eigenvalue weighted by Gasteiger charge is -2.31. The molecule has 0 radical (unpaired) electrons. The van der Waals surface area contributed by atoms with E-state index < -0.39 is 0 Å². The van der Waals surface area contributed by atoms with Gasteiger partial charge in [-0.3, -0.25) is 9.58 Å². The van der Waals surface area contributed by atoms with Crippen LogP contribution in [0.3, 0.4) is 0 Å². The Kier molecular flexibility index (Phi) is 4.19. The van der Waals surface area contributed by atoms with Gasteiger partial charge in [0.1, 0.15) is 5.84 Å². The summed E-state index contributed by atoms with van der Waals surface area (Å²) in [4.78, 5) is 2.34. The summed E-state index contributed by atoms with van der Waals surface area (Å²) >= 11 is 0. The van der Waals surface area contributed by atoms with Crippen LogP contribution in [0.5, 0.6) is 0 Å². The molecular weight excluding hydrogens is 230 g/mol. The van der Waals surface area contributed by atoms with E-state index in [0.717, 1.165) is 39.0 Å². The summed E-state index contributed by atoms with van der Waals surface area (Å²) in [5.74, 6) is 0.522. The van der Waals surface area contributed by atoms with E-state index in [4.69, 9.17) is 10.9 Å². The van der Waals surface area contributed by atoms with Gasteiger partial charge in [-0.15, -0.1) is 0 Å². The van der Waals surface area contributed by atoms with Gasteiger partial charge in [-0.1, -0.05) is 5.16 Å². The predicted octanol–water partition coefficient (Wildman–Crippen LogP) is 0.861.